The van der Waals surface area contributed by atoms with Crippen LogP contribution in [0, 0.1) is 12.8 Å². The van der Waals surface area contributed by atoms with Crippen LogP contribution in [-0.4, -0.2) is 70.1 Å². The number of benzene rings is 3. The first-order valence-corrected chi connectivity index (χ1v) is 16.6. The van der Waals surface area contributed by atoms with Gasteiger partial charge in [0.25, 0.3) is 5.91 Å². The van der Waals surface area contributed by atoms with E-state index in [2.05, 4.69) is 16.1 Å². The van der Waals surface area contributed by atoms with Gasteiger partial charge < -0.3 is 18.8 Å². The summed E-state index contributed by atoms with van der Waals surface area (Å²) in [5.41, 5.74) is 5.17. The lowest BCUT2D eigenvalue weighted by Gasteiger charge is -2.34. The van der Waals surface area contributed by atoms with Gasteiger partial charge in [-0.1, -0.05) is 35.6 Å². The number of piperazine rings is 1. The molecule has 9 nitrogen and oxygen atoms in total. The lowest BCUT2D eigenvalue weighted by Crippen LogP contribution is -2.49. The van der Waals surface area contributed by atoms with E-state index in [0.717, 1.165) is 81.1 Å². The summed E-state index contributed by atoms with van der Waals surface area (Å²) < 4.78 is 19.9. The number of furan rings is 1. The molecule has 0 radical (unpaired) electrons. The number of ether oxygens (including phenoxy) is 2. The Morgan fingerprint density at radius 3 is 2.57 bits per heavy atom. The van der Waals surface area contributed by atoms with Crippen molar-refractivity contribution in [3.63, 3.8) is 0 Å². The number of nitrogens with zero attached hydrogens (tertiary/aromatic N) is 5. The predicted molar refractivity (Wildman–Crippen MR) is 179 cm³/mol. The zero-order valence-corrected chi connectivity index (χ0v) is 26.8. The number of amides is 1. The largest absolute Gasteiger partial charge is 0.497 e. The van der Waals surface area contributed by atoms with Gasteiger partial charge in [-0.2, -0.15) is 5.10 Å². The summed E-state index contributed by atoms with van der Waals surface area (Å²) in [5.74, 6) is 3.10. The molecule has 1 aliphatic heterocycles. The van der Waals surface area contributed by atoms with Crippen LogP contribution in [0.3, 0.4) is 0 Å². The van der Waals surface area contributed by atoms with Crippen LogP contribution < -0.4 is 9.47 Å². The molecule has 0 unspecified atom stereocenters. The molecule has 2 fully saturated rings. The van der Waals surface area contributed by atoms with Crippen LogP contribution in [0.4, 0.5) is 0 Å². The molecule has 8 rings (SSSR count). The molecule has 4 heterocycles. The van der Waals surface area contributed by atoms with E-state index in [1.54, 1.807) is 23.0 Å². The van der Waals surface area contributed by atoms with Crippen molar-refractivity contribution in [2.45, 2.75) is 26.4 Å². The van der Waals surface area contributed by atoms with Crippen LogP contribution in [0.5, 0.6) is 11.5 Å². The number of aromatic nitrogens is 3. The molecule has 1 saturated heterocycles. The van der Waals surface area contributed by atoms with Crippen LogP contribution in [0.1, 0.15) is 33.8 Å². The van der Waals surface area contributed by atoms with Crippen molar-refractivity contribution >= 4 is 33.2 Å². The van der Waals surface area contributed by atoms with Crippen molar-refractivity contribution in [3.8, 4) is 34.1 Å². The van der Waals surface area contributed by atoms with Crippen LogP contribution in [-0.2, 0) is 6.61 Å². The SMILES string of the molecule is COc1cc(COc2cccc(-c3ccc(C(=O)N4CCN(CC5CC5)CC4)cc3)c2)c2cc(-c3cn4nc(C)sc4n3)oc2c1. The third-order valence-corrected chi connectivity index (χ3v) is 9.73. The first-order chi connectivity index (χ1) is 22.5. The van der Waals surface area contributed by atoms with E-state index in [4.69, 9.17) is 18.9 Å². The number of carbonyl (C=O) groups is 1. The Bertz CT molecular complexity index is 2000. The average molecular weight is 634 g/mol. The van der Waals surface area contributed by atoms with Crippen molar-refractivity contribution in [2.75, 3.05) is 39.8 Å². The highest BCUT2D eigenvalue weighted by molar-refractivity contribution is 7.16. The van der Waals surface area contributed by atoms with Crippen molar-refractivity contribution < 1.29 is 18.7 Å². The van der Waals surface area contributed by atoms with Crippen molar-refractivity contribution in [1.29, 1.82) is 0 Å². The Kier molecular flexibility index (Phi) is 7.46. The van der Waals surface area contributed by atoms with E-state index >= 15 is 0 Å². The molecule has 3 aromatic heterocycles. The standard InChI is InChI=1S/C36H35N5O4S/c1-23-38-41-21-32(37-36(41)46-23)34-19-31-28(17-30(43-2)18-33(31)45-34)22-44-29-5-3-4-27(16-29)25-8-10-26(11-9-25)35(42)40-14-12-39(13-15-40)20-24-6-7-24/h3-5,8-11,16-19,21,24H,6-7,12-15,20,22H2,1-2H3. The summed E-state index contributed by atoms with van der Waals surface area (Å²) in [6.45, 7) is 7.02. The van der Waals surface area contributed by atoms with Gasteiger partial charge in [-0.15, -0.1) is 0 Å². The zero-order chi connectivity index (χ0) is 31.2. The second kappa shape index (κ2) is 11.9. The molecule has 46 heavy (non-hydrogen) atoms. The minimum absolute atomic E-state index is 0.112. The summed E-state index contributed by atoms with van der Waals surface area (Å²) in [6.07, 6.45) is 4.61. The smallest absolute Gasteiger partial charge is 0.253 e. The topological polar surface area (TPSA) is 85.3 Å². The van der Waals surface area contributed by atoms with Gasteiger partial charge in [0.05, 0.1) is 13.3 Å². The minimum Gasteiger partial charge on any atom is -0.497 e. The molecule has 1 aliphatic carbocycles. The Morgan fingerprint density at radius 2 is 1.80 bits per heavy atom. The van der Waals surface area contributed by atoms with E-state index < -0.39 is 0 Å². The molecule has 0 spiro atoms. The monoisotopic (exact) mass is 633 g/mol. The maximum Gasteiger partial charge on any atom is 0.253 e. The van der Waals surface area contributed by atoms with E-state index in [1.165, 1.54) is 19.4 Å². The highest BCUT2D eigenvalue weighted by Gasteiger charge is 2.28. The maximum absolute atomic E-state index is 13.2. The zero-order valence-electron chi connectivity index (χ0n) is 25.9. The molecule has 2 aliphatic rings. The van der Waals surface area contributed by atoms with Gasteiger partial charge in [0.15, 0.2) is 5.76 Å². The van der Waals surface area contributed by atoms with Crippen LogP contribution >= 0.6 is 11.3 Å². The van der Waals surface area contributed by atoms with Crippen LogP contribution in [0.2, 0.25) is 0 Å². The second-order valence-electron chi connectivity index (χ2n) is 12.2. The van der Waals surface area contributed by atoms with Crippen molar-refractivity contribution in [2.24, 2.45) is 5.92 Å². The summed E-state index contributed by atoms with van der Waals surface area (Å²) in [4.78, 5) is 23.2. The molecular weight excluding hydrogens is 598 g/mol. The normalized spacial score (nSPS) is 15.6. The van der Waals surface area contributed by atoms with Gasteiger partial charge in [0.1, 0.15) is 34.4 Å². The molecule has 0 bridgehead atoms. The quantitative estimate of drug-likeness (QED) is 0.171. The summed E-state index contributed by atoms with van der Waals surface area (Å²) in [7, 11) is 1.64. The number of hydrogen-bond donors (Lipinski definition) is 0. The van der Waals surface area contributed by atoms with Crippen molar-refractivity contribution in [3.05, 3.63) is 89.1 Å². The number of imidazole rings is 1. The number of fused-ring (bicyclic) bond motifs is 2. The number of carbonyl (C=O) groups excluding carboxylic acids is 1. The third-order valence-electron chi connectivity index (χ3n) is 8.90. The fourth-order valence-electron chi connectivity index (χ4n) is 6.18. The van der Waals surface area contributed by atoms with Gasteiger partial charge in [-0.3, -0.25) is 9.69 Å². The fraction of sp³-hybridized carbons (Fsp3) is 0.306. The summed E-state index contributed by atoms with van der Waals surface area (Å²) >= 11 is 1.54. The second-order valence-corrected chi connectivity index (χ2v) is 13.4. The molecule has 1 amide bonds. The minimum atomic E-state index is 0.112. The van der Waals surface area contributed by atoms with Gasteiger partial charge >= 0.3 is 0 Å². The molecule has 6 aromatic rings. The molecule has 1 saturated carbocycles. The molecule has 3 aromatic carbocycles. The number of hydrogen-bond acceptors (Lipinski definition) is 8. The van der Waals surface area contributed by atoms with E-state index in [1.807, 2.05) is 78.7 Å². The van der Waals surface area contributed by atoms with E-state index in [0.29, 0.717) is 23.7 Å². The Hall–Kier alpha value is -4.67. The highest BCUT2D eigenvalue weighted by atomic mass is 32.1. The molecule has 0 N–H and O–H groups in total. The molecule has 0 atom stereocenters. The lowest BCUT2D eigenvalue weighted by atomic mass is 10.0. The number of rotatable bonds is 9. The van der Waals surface area contributed by atoms with E-state index in [9.17, 15) is 4.79 Å². The van der Waals surface area contributed by atoms with Gasteiger partial charge in [-0.05, 0) is 73.2 Å². The first-order valence-electron chi connectivity index (χ1n) is 15.8. The Morgan fingerprint density at radius 1 is 0.978 bits per heavy atom. The number of methoxy groups -OCH3 is 1. The summed E-state index contributed by atoms with van der Waals surface area (Å²) in [6, 6.07) is 21.8. The average Bonchev–Trinajstić information content (AvgIpc) is 3.48. The van der Waals surface area contributed by atoms with Crippen LogP contribution in [0.15, 0.2) is 77.3 Å². The predicted octanol–water partition coefficient (Wildman–Crippen LogP) is 6.93. The highest BCUT2D eigenvalue weighted by Crippen LogP contribution is 2.34. The van der Waals surface area contributed by atoms with Gasteiger partial charge in [0.2, 0.25) is 4.96 Å². The van der Waals surface area contributed by atoms with Gasteiger partial charge in [0, 0.05) is 55.3 Å². The Labute approximate surface area is 271 Å². The molecule has 234 valence electrons. The van der Waals surface area contributed by atoms with Gasteiger partial charge in [-0.25, -0.2) is 9.50 Å². The van der Waals surface area contributed by atoms with E-state index in [-0.39, 0.29) is 5.91 Å². The maximum atomic E-state index is 13.2. The molecular formula is C36H35N5O4S. The first kappa shape index (κ1) is 28.8. The fourth-order valence-corrected chi connectivity index (χ4v) is 6.90. The third kappa shape index (κ3) is 5.86. The number of aryl methyl sites for hydroxylation is 1. The molecule has 10 heteroatoms. The Balaban J connectivity index is 0.959. The van der Waals surface area contributed by atoms with Crippen LogP contribution in [0.25, 0.3) is 38.5 Å². The van der Waals surface area contributed by atoms with Crippen molar-refractivity contribution in [1.82, 2.24) is 24.4 Å². The summed E-state index contributed by atoms with van der Waals surface area (Å²) in [5, 5.41) is 6.37. The lowest BCUT2D eigenvalue weighted by molar-refractivity contribution is 0.0632.